The van der Waals surface area contributed by atoms with Crippen LogP contribution < -0.4 is 4.72 Å². The van der Waals surface area contributed by atoms with Crippen molar-refractivity contribution in [3.05, 3.63) is 0 Å². The second-order valence-corrected chi connectivity index (χ2v) is 6.20. The summed E-state index contributed by atoms with van der Waals surface area (Å²) in [4.78, 5) is 0. The molecule has 7 heteroatoms. The summed E-state index contributed by atoms with van der Waals surface area (Å²) in [5.74, 6) is 0.151. The number of ether oxygens (including phenoxy) is 1. The molecule has 6 nitrogen and oxygen atoms in total. The van der Waals surface area contributed by atoms with Gasteiger partial charge in [-0.05, 0) is 12.3 Å². The lowest BCUT2D eigenvalue weighted by Gasteiger charge is -2.29. The average molecular weight is 266 g/mol. The van der Waals surface area contributed by atoms with E-state index < -0.39 is 10.2 Å². The quantitative estimate of drug-likeness (QED) is 0.683. The van der Waals surface area contributed by atoms with Crippen molar-refractivity contribution in [3.63, 3.8) is 0 Å². The predicted octanol–water partition coefficient (Wildman–Crippen LogP) is -0.440. The summed E-state index contributed by atoms with van der Waals surface area (Å²) in [7, 11) is -3.46. The molecule has 0 aromatic heterocycles. The third-order valence-corrected chi connectivity index (χ3v) is 4.50. The van der Waals surface area contributed by atoms with Gasteiger partial charge in [0.05, 0.1) is 13.2 Å². The molecule has 0 aromatic carbocycles. The Bertz CT molecular complexity index is 312. The van der Waals surface area contributed by atoms with E-state index in [2.05, 4.69) is 4.72 Å². The summed E-state index contributed by atoms with van der Waals surface area (Å²) in [5, 5.41) is 8.92. The maximum absolute atomic E-state index is 12.1. The van der Waals surface area contributed by atoms with Crippen molar-refractivity contribution in [2.45, 2.75) is 26.3 Å². The van der Waals surface area contributed by atoms with Crippen molar-refractivity contribution >= 4 is 10.2 Å². The molecule has 0 amide bonds. The summed E-state index contributed by atoms with van der Waals surface area (Å²) in [6.07, 6.45) is 0.432. The normalized spacial score (nSPS) is 20.7. The van der Waals surface area contributed by atoms with Gasteiger partial charge >= 0.3 is 0 Å². The predicted molar refractivity (Wildman–Crippen MR) is 64.8 cm³/mol. The van der Waals surface area contributed by atoms with Crippen LogP contribution in [0.15, 0.2) is 0 Å². The SMILES string of the molecule is CC(C)C(CCO)NS(=O)(=O)N1CCOCC1. The molecule has 1 aliphatic rings. The van der Waals surface area contributed by atoms with Crippen LogP contribution in [0, 0.1) is 5.92 Å². The number of nitrogens with one attached hydrogen (secondary N) is 1. The fourth-order valence-electron chi connectivity index (χ4n) is 1.72. The zero-order chi connectivity index (χ0) is 12.9. The highest BCUT2D eigenvalue weighted by atomic mass is 32.2. The molecular weight excluding hydrogens is 244 g/mol. The topological polar surface area (TPSA) is 78.9 Å². The highest BCUT2D eigenvalue weighted by Gasteiger charge is 2.27. The maximum atomic E-state index is 12.1. The zero-order valence-electron chi connectivity index (χ0n) is 10.4. The summed E-state index contributed by atoms with van der Waals surface area (Å²) >= 11 is 0. The Morgan fingerprint density at radius 1 is 1.35 bits per heavy atom. The van der Waals surface area contributed by atoms with E-state index in [4.69, 9.17) is 9.84 Å². The van der Waals surface area contributed by atoms with Crippen LogP contribution in [0.4, 0.5) is 0 Å². The largest absolute Gasteiger partial charge is 0.396 e. The van der Waals surface area contributed by atoms with E-state index in [1.54, 1.807) is 0 Å². The van der Waals surface area contributed by atoms with Crippen LogP contribution >= 0.6 is 0 Å². The Morgan fingerprint density at radius 3 is 2.41 bits per heavy atom. The minimum absolute atomic E-state index is 0.0194. The molecule has 0 aliphatic carbocycles. The third-order valence-electron chi connectivity index (χ3n) is 2.86. The molecule has 0 bridgehead atoms. The van der Waals surface area contributed by atoms with E-state index in [0.29, 0.717) is 32.7 Å². The van der Waals surface area contributed by atoms with E-state index >= 15 is 0 Å². The van der Waals surface area contributed by atoms with E-state index in [1.807, 2.05) is 13.8 Å². The van der Waals surface area contributed by atoms with Gasteiger partial charge in [-0.2, -0.15) is 17.4 Å². The molecule has 0 radical (unpaired) electrons. The Morgan fingerprint density at radius 2 is 1.94 bits per heavy atom. The number of nitrogens with zero attached hydrogens (tertiary/aromatic N) is 1. The first-order valence-electron chi connectivity index (χ1n) is 5.93. The average Bonchev–Trinajstić information content (AvgIpc) is 2.29. The Balaban J connectivity index is 2.62. The molecule has 1 fully saturated rings. The van der Waals surface area contributed by atoms with Crippen molar-refractivity contribution in [1.82, 2.24) is 9.03 Å². The summed E-state index contributed by atoms with van der Waals surface area (Å²) in [6, 6.07) is -0.229. The van der Waals surface area contributed by atoms with E-state index in [1.165, 1.54) is 4.31 Å². The molecule has 1 heterocycles. The molecule has 1 atom stereocenters. The first-order valence-corrected chi connectivity index (χ1v) is 7.37. The Hall–Kier alpha value is -0.210. The van der Waals surface area contributed by atoms with Crippen LogP contribution in [-0.2, 0) is 14.9 Å². The number of hydrogen-bond donors (Lipinski definition) is 2. The van der Waals surface area contributed by atoms with Crippen molar-refractivity contribution in [2.24, 2.45) is 5.92 Å². The Kier molecular flexibility index (Phi) is 5.81. The molecule has 1 aliphatic heterocycles. The van der Waals surface area contributed by atoms with Gasteiger partial charge in [0.1, 0.15) is 0 Å². The van der Waals surface area contributed by atoms with Gasteiger partial charge < -0.3 is 9.84 Å². The summed E-state index contributed by atoms with van der Waals surface area (Å²) in [5.41, 5.74) is 0. The van der Waals surface area contributed by atoms with Crippen LogP contribution in [0.25, 0.3) is 0 Å². The number of morpholine rings is 1. The molecule has 2 N–H and O–H groups in total. The van der Waals surface area contributed by atoms with E-state index in [9.17, 15) is 8.42 Å². The van der Waals surface area contributed by atoms with Gasteiger partial charge in [0.2, 0.25) is 0 Å². The first kappa shape index (κ1) is 14.8. The fraction of sp³-hybridized carbons (Fsp3) is 1.00. The standard InChI is InChI=1S/C10H22N2O4S/c1-9(2)10(3-6-13)11-17(14,15)12-4-7-16-8-5-12/h9-11,13H,3-8H2,1-2H3. The van der Waals surface area contributed by atoms with Gasteiger partial charge in [0, 0.05) is 25.7 Å². The Labute approximate surface area is 103 Å². The van der Waals surface area contributed by atoms with Gasteiger partial charge in [-0.3, -0.25) is 0 Å². The summed E-state index contributed by atoms with van der Waals surface area (Å²) < 4.78 is 33.3. The second-order valence-electron chi connectivity index (χ2n) is 4.50. The van der Waals surface area contributed by atoms with Crippen molar-refractivity contribution in [2.75, 3.05) is 32.9 Å². The fourth-order valence-corrected chi connectivity index (χ4v) is 3.27. The van der Waals surface area contributed by atoms with Crippen LogP contribution in [0.3, 0.4) is 0 Å². The molecule has 0 saturated carbocycles. The smallest absolute Gasteiger partial charge is 0.279 e. The van der Waals surface area contributed by atoms with Crippen LogP contribution in [-0.4, -0.2) is 56.8 Å². The molecular formula is C10H22N2O4S. The molecule has 17 heavy (non-hydrogen) atoms. The molecule has 0 aromatic rings. The number of aliphatic hydroxyl groups excluding tert-OH is 1. The summed E-state index contributed by atoms with van der Waals surface area (Å²) in [6.45, 7) is 5.50. The third kappa shape index (κ3) is 4.51. The minimum atomic E-state index is -3.46. The minimum Gasteiger partial charge on any atom is -0.396 e. The molecule has 1 saturated heterocycles. The van der Waals surface area contributed by atoms with Crippen LogP contribution in [0.2, 0.25) is 0 Å². The lowest BCUT2D eigenvalue weighted by atomic mass is 10.0. The second kappa shape index (κ2) is 6.65. The molecule has 102 valence electrons. The van der Waals surface area contributed by atoms with Crippen molar-refractivity contribution in [1.29, 1.82) is 0 Å². The van der Waals surface area contributed by atoms with Gasteiger partial charge in [-0.1, -0.05) is 13.8 Å². The highest BCUT2D eigenvalue weighted by Crippen LogP contribution is 2.10. The lowest BCUT2D eigenvalue weighted by molar-refractivity contribution is 0.0721. The van der Waals surface area contributed by atoms with E-state index in [0.717, 1.165) is 0 Å². The van der Waals surface area contributed by atoms with Gasteiger partial charge in [0.15, 0.2) is 0 Å². The molecule has 1 rings (SSSR count). The van der Waals surface area contributed by atoms with Gasteiger partial charge in [0.25, 0.3) is 10.2 Å². The number of rotatable bonds is 6. The van der Waals surface area contributed by atoms with Crippen LogP contribution in [0.1, 0.15) is 20.3 Å². The first-order chi connectivity index (χ1) is 7.97. The highest BCUT2D eigenvalue weighted by molar-refractivity contribution is 7.87. The monoisotopic (exact) mass is 266 g/mol. The maximum Gasteiger partial charge on any atom is 0.279 e. The number of hydrogen-bond acceptors (Lipinski definition) is 4. The molecule has 1 unspecified atom stereocenters. The lowest BCUT2D eigenvalue weighted by Crippen LogP contribution is -2.50. The van der Waals surface area contributed by atoms with Crippen LogP contribution in [0.5, 0.6) is 0 Å². The van der Waals surface area contributed by atoms with Gasteiger partial charge in [-0.15, -0.1) is 0 Å². The number of aliphatic hydroxyl groups is 1. The van der Waals surface area contributed by atoms with Crippen molar-refractivity contribution < 1.29 is 18.3 Å². The van der Waals surface area contributed by atoms with E-state index in [-0.39, 0.29) is 18.6 Å². The molecule has 0 spiro atoms. The van der Waals surface area contributed by atoms with Gasteiger partial charge in [-0.25, -0.2) is 0 Å². The zero-order valence-corrected chi connectivity index (χ0v) is 11.2. The van der Waals surface area contributed by atoms with Crippen molar-refractivity contribution in [3.8, 4) is 0 Å².